The molecule has 2 aromatic rings. The van der Waals surface area contributed by atoms with Gasteiger partial charge in [0.15, 0.2) is 0 Å². The Morgan fingerprint density at radius 3 is 2.75 bits per heavy atom. The third kappa shape index (κ3) is 3.03. The lowest BCUT2D eigenvalue weighted by Crippen LogP contribution is -2.32. The summed E-state index contributed by atoms with van der Waals surface area (Å²) >= 11 is 1.19. The van der Waals surface area contributed by atoms with E-state index in [1.807, 2.05) is 18.0 Å². The van der Waals surface area contributed by atoms with E-state index in [2.05, 4.69) is 9.10 Å². The van der Waals surface area contributed by atoms with E-state index >= 15 is 0 Å². The molecule has 0 saturated heterocycles. The van der Waals surface area contributed by atoms with Gasteiger partial charge < -0.3 is 4.90 Å². The summed E-state index contributed by atoms with van der Waals surface area (Å²) in [5.74, 6) is -0.634. The van der Waals surface area contributed by atoms with Crippen molar-refractivity contribution in [2.45, 2.75) is 31.6 Å². The third-order valence-corrected chi connectivity index (χ3v) is 6.38. The number of nitrogens with one attached hydrogen (secondary N) is 1. The van der Waals surface area contributed by atoms with Crippen LogP contribution in [0.25, 0.3) is 0 Å². The fourth-order valence-corrected chi connectivity index (χ4v) is 4.62. The molecule has 1 aliphatic heterocycles. The first-order valence-corrected chi connectivity index (χ1v) is 9.89. The predicted molar refractivity (Wildman–Crippen MR) is 94.3 cm³/mol. The van der Waals surface area contributed by atoms with Gasteiger partial charge in [0.2, 0.25) is 0 Å². The van der Waals surface area contributed by atoms with Gasteiger partial charge >= 0.3 is 0 Å². The van der Waals surface area contributed by atoms with Gasteiger partial charge in [-0.3, -0.25) is 4.79 Å². The van der Waals surface area contributed by atoms with E-state index in [0.717, 1.165) is 30.6 Å². The summed E-state index contributed by atoms with van der Waals surface area (Å²) in [7, 11) is -1.98. The summed E-state index contributed by atoms with van der Waals surface area (Å²) < 4.78 is 31.4. The van der Waals surface area contributed by atoms with E-state index < -0.39 is 15.9 Å². The topological polar surface area (TPSA) is 79.4 Å². The molecule has 0 saturated carbocycles. The molecule has 1 aromatic heterocycles. The van der Waals surface area contributed by atoms with Gasteiger partial charge in [-0.1, -0.05) is 6.07 Å². The number of fused-ring (bicyclic) bond motifs is 1. The Morgan fingerprint density at radius 2 is 2.08 bits per heavy atom. The van der Waals surface area contributed by atoms with Crippen molar-refractivity contribution >= 4 is 33.2 Å². The van der Waals surface area contributed by atoms with Gasteiger partial charge in [0.1, 0.15) is 0 Å². The molecule has 0 aliphatic carbocycles. The molecular weight excluding hydrogens is 346 g/mol. The monoisotopic (exact) mass is 365 g/mol. The first-order valence-electron chi connectivity index (χ1n) is 7.63. The van der Waals surface area contributed by atoms with Crippen LogP contribution >= 0.6 is 11.5 Å². The Morgan fingerprint density at radius 1 is 1.33 bits per heavy atom. The number of amides is 1. The number of carbonyl (C=O) groups excluding carboxylic acids is 1. The zero-order valence-electron chi connectivity index (χ0n) is 13.8. The smallest absolute Gasteiger partial charge is 0.268 e. The van der Waals surface area contributed by atoms with E-state index in [1.54, 1.807) is 26.0 Å². The van der Waals surface area contributed by atoms with E-state index in [-0.39, 0.29) is 4.90 Å². The Kier molecular flexibility index (Phi) is 4.35. The highest BCUT2D eigenvalue weighted by Crippen LogP contribution is 2.28. The minimum atomic E-state index is -3.93. The van der Waals surface area contributed by atoms with Gasteiger partial charge in [-0.25, -0.2) is 13.1 Å². The highest BCUT2D eigenvalue weighted by molar-refractivity contribution is 7.90. The lowest BCUT2D eigenvalue weighted by atomic mass is 10.0. The molecule has 1 amide bonds. The number of aromatic nitrogens is 1. The molecule has 0 atom stereocenters. The van der Waals surface area contributed by atoms with Gasteiger partial charge in [0.05, 0.1) is 16.2 Å². The lowest BCUT2D eigenvalue weighted by molar-refractivity contribution is 0.0980. The van der Waals surface area contributed by atoms with Crippen molar-refractivity contribution in [1.29, 1.82) is 0 Å². The van der Waals surface area contributed by atoms with Gasteiger partial charge in [-0.2, -0.15) is 4.37 Å². The zero-order valence-corrected chi connectivity index (χ0v) is 15.4. The summed E-state index contributed by atoms with van der Waals surface area (Å²) in [5.41, 5.74) is 2.90. The second-order valence-electron chi connectivity index (χ2n) is 5.95. The normalized spacial score (nSPS) is 14.4. The van der Waals surface area contributed by atoms with Crippen molar-refractivity contribution in [3.63, 3.8) is 0 Å². The van der Waals surface area contributed by atoms with Crippen molar-refractivity contribution in [2.75, 3.05) is 18.5 Å². The molecule has 24 heavy (non-hydrogen) atoms. The number of hydrogen-bond donors (Lipinski definition) is 1. The van der Waals surface area contributed by atoms with Crippen LogP contribution in [0.4, 0.5) is 5.69 Å². The second-order valence-corrected chi connectivity index (χ2v) is 8.61. The van der Waals surface area contributed by atoms with Gasteiger partial charge in [0.25, 0.3) is 15.9 Å². The van der Waals surface area contributed by atoms with Crippen LogP contribution in [0.3, 0.4) is 0 Å². The predicted octanol–water partition coefficient (Wildman–Crippen LogP) is 2.26. The molecular formula is C16H19N3O3S2. The average molecular weight is 365 g/mol. The Hall–Kier alpha value is -1.93. The second kappa shape index (κ2) is 6.18. The molecule has 0 bridgehead atoms. The Labute approximate surface area is 145 Å². The van der Waals surface area contributed by atoms with Crippen LogP contribution < -0.4 is 9.62 Å². The fraction of sp³-hybridized carbons (Fsp3) is 0.375. The standard InChI is InChI=1S/C16H19N3O3S2/c1-10-15(11(2)23-17-10)16(20)18-24(21,22)13-7-6-12-5-4-8-19(3)14(12)9-13/h6-7,9H,4-5,8H2,1-3H3,(H,18,20). The molecule has 0 spiro atoms. The molecule has 3 rings (SSSR count). The van der Waals surface area contributed by atoms with Crippen LogP contribution in [0.2, 0.25) is 0 Å². The van der Waals surface area contributed by atoms with Crippen LogP contribution in [0.1, 0.15) is 32.9 Å². The SMILES string of the molecule is Cc1nsc(C)c1C(=O)NS(=O)(=O)c1ccc2c(c1)N(C)CCC2. The number of aryl methyl sites for hydroxylation is 3. The van der Waals surface area contributed by atoms with Crippen LogP contribution in [-0.4, -0.2) is 32.3 Å². The van der Waals surface area contributed by atoms with Crippen molar-refractivity contribution in [2.24, 2.45) is 0 Å². The first-order chi connectivity index (χ1) is 11.3. The summed E-state index contributed by atoms with van der Waals surface area (Å²) in [5, 5.41) is 0. The highest BCUT2D eigenvalue weighted by Gasteiger charge is 2.24. The molecule has 1 aromatic carbocycles. The maximum absolute atomic E-state index is 12.6. The summed E-state index contributed by atoms with van der Waals surface area (Å²) in [6.45, 7) is 4.33. The number of benzene rings is 1. The summed E-state index contributed by atoms with van der Waals surface area (Å²) in [6.07, 6.45) is 1.99. The number of carbonyl (C=O) groups is 1. The molecule has 8 heteroatoms. The number of hydrogen-bond acceptors (Lipinski definition) is 6. The molecule has 6 nitrogen and oxygen atoms in total. The largest absolute Gasteiger partial charge is 0.374 e. The Balaban J connectivity index is 1.91. The minimum Gasteiger partial charge on any atom is -0.374 e. The van der Waals surface area contributed by atoms with Crippen molar-refractivity contribution < 1.29 is 13.2 Å². The quantitative estimate of drug-likeness (QED) is 0.902. The summed E-state index contributed by atoms with van der Waals surface area (Å²) in [6, 6.07) is 5.02. The number of anilines is 1. The Bertz CT molecular complexity index is 884. The third-order valence-electron chi connectivity index (χ3n) is 4.21. The highest BCUT2D eigenvalue weighted by atomic mass is 32.2. The molecule has 1 aliphatic rings. The fourth-order valence-electron chi connectivity index (χ4n) is 2.94. The molecule has 0 radical (unpaired) electrons. The first kappa shape index (κ1) is 16.9. The molecule has 128 valence electrons. The molecule has 1 N–H and O–H groups in total. The van der Waals surface area contributed by atoms with Crippen molar-refractivity contribution in [3.05, 3.63) is 39.9 Å². The van der Waals surface area contributed by atoms with Gasteiger partial charge in [-0.05, 0) is 55.9 Å². The van der Waals surface area contributed by atoms with Crippen LogP contribution in [-0.2, 0) is 16.4 Å². The number of rotatable bonds is 3. The zero-order chi connectivity index (χ0) is 17.5. The molecule has 0 unspecified atom stereocenters. The van der Waals surface area contributed by atoms with Crippen LogP contribution in [0, 0.1) is 13.8 Å². The minimum absolute atomic E-state index is 0.0989. The lowest BCUT2D eigenvalue weighted by Gasteiger charge is -2.27. The van der Waals surface area contributed by atoms with Crippen molar-refractivity contribution in [3.8, 4) is 0 Å². The average Bonchev–Trinajstić information content (AvgIpc) is 2.86. The van der Waals surface area contributed by atoms with E-state index in [4.69, 9.17) is 0 Å². The molecule has 2 heterocycles. The number of nitrogens with zero attached hydrogens (tertiary/aromatic N) is 2. The maximum Gasteiger partial charge on any atom is 0.268 e. The molecule has 0 fully saturated rings. The maximum atomic E-state index is 12.6. The summed E-state index contributed by atoms with van der Waals surface area (Å²) in [4.78, 5) is 15.2. The van der Waals surface area contributed by atoms with E-state index in [9.17, 15) is 13.2 Å². The van der Waals surface area contributed by atoms with E-state index in [1.165, 1.54) is 11.5 Å². The van der Waals surface area contributed by atoms with Gasteiger partial charge in [0, 0.05) is 24.2 Å². The number of sulfonamides is 1. The van der Waals surface area contributed by atoms with Gasteiger partial charge in [-0.15, -0.1) is 0 Å². The van der Waals surface area contributed by atoms with Crippen molar-refractivity contribution in [1.82, 2.24) is 9.10 Å². The van der Waals surface area contributed by atoms with E-state index in [0.29, 0.717) is 16.1 Å². The van der Waals surface area contributed by atoms with Crippen LogP contribution in [0.15, 0.2) is 23.1 Å². The van der Waals surface area contributed by atoms with Crippen LogP contribution in [0.5, 0.6) is 0 Å².